The predicted molar refractivity (Wildman–Crippen MR) is 93.6 cm³/mol. The maximum atomic E-state index is 12.6. The highest BCUT2D eigenvalue weighted by Crippen LogP contribution is 2.24. The number of urea groups is 1. The van der Waals surface area contributed by atoms with Crippen molar-refractivity contribution in [3.63, 3.8) is 0 Å². The average Bonchev–Trinajstić information content (AvgIpc) is 2.60. The van der Waals surface area contributed by atoms with Gasteiger partial charge in [0.05, 0.1) is 12.7 Å². The van der Waals surface area contributed by atoms with E-state index in [-0.39, 0.29) is 11.9 Å². The van der Waals surface area contributed by atoms with Crippen LogP contribution in [0.4, 0.5) is 10.5 Å². The molecule has 132 valence electrons. The molecule has 1 saturated heterocycles. The molecule has 1 aliphatic rings. The quantitative estimate of drug-likeness (QED) is 0.762. The molecule has 3 N–H and O–H groups in total. The average molecular weight is 334 g/mol. The molecule has 24 heavy (non-hydrogen) atoms. The second-order valence-corrected chi connectivity index (χ2v) is 6.19. The summed E-state index contributed by atoms with van der Waals surface area (Å²) in [5.74, 6) is 0.786. The minimum absolute atomic E-state index is 0.0517. The Morgan fingerprint density at radius 2 is 2.00 bits per heavy atom. The van der Waals surface area contributed by atoms with Gasteiger partial charge in [0, 0.05) is 44.5 Å². The monoisotopic (exact) mass is 334 g/mol. The molecule has 0 aliphatic carbocycles. The van der Waals surface area contributed by atoms with Gasteiger partial charge in [-0.15, -0.1) is 0 Å². The van der Waals surface area contributed by atoms with Crippen molar-refractivity contribution in [3.05, 3.63) is 23.8 Å². The highest BCUT2D eigenvalue weighted by molar-refractivity contribution is 5.98. The number of methoxy groups -OCH3 is 1. The van der Waals surface area contributed by atoms with Gasteiger partial charge in [-0.1, -0.05) is 13.8 Å². The van der Waals surface area contributed by atoms with Crippen LogP contribution in [0.3, 0.4) is 0 Å². The fourth-order valence-electron chi connectivity index (χ4n) is 2.46. The molecule has 1 aromatic rings. The zero-order valence-electron chi connectivity index (χ0n) is 14.5. The summed E-state index contributed by atoms with van der Waals surface area (Å²) in [5.41, 5.74) is 1.09. The molecule has 1 heterocycles. The van der Waals surface area contributed by atoms with E-state index >= 15 is 0 Å². The van der Waals surface area contributed by atoms with Crippen molar-refractivity contribution in [2.24, 2.45) is 5.92 Å². The lowest BCUT2D eigenvalue weighted by Crippen LogP contribution is -2.46. The number of amides is 3. The van der Waals surface area contributed by atoms with Crippen molar-refractivity contribution in [2.45, 2.75) is 13.8 Å². The van der Waals surface area contributed by atoms with Gasteiger partial charge in [0.2, 0.25) is 0 Å². The van der Waals surface area contributed by atoms with Gasteiger partial charge in [-0.3, -0.25) is 4.79 Å². The van der Waals surface area contributed by atoms with E-state index in [1.54, 1.807) is 23.1 Å². The maximum absolute atomic E-state index is 12.6. The first kappa shape index (κ1) is 18.1. The van der Waals surface area contributed by atoms with Crippen molar-refractivity contribution in [3.8, 4) is 5.75 Å². The van der Waals surface area contributed by atoms with E-state index in [1.807, 2.05) is 13.8 Å². The molecule has 0 atom stereocenters. The van der Waals surface area contributed by atoms with E-state index < -0.39 is 0 Å². The lowest BCUT2D eigenvalue weighted by molar-refractivity contribution is 0.0732. The SMILES string of the molecule is COc1cc(NC(=O)NCC(C)C)ccc1C(=O)N1CCNCC1. The first-order valence-corrected chi connectivity index (χ1v) is 8.24. The summed E-state index contributed by atoms with van der Waals surface area (Å²) in [6.07, 6.45) is 0. The molecule has 7 nitrogen and oxygen atoms in total. The Bertz CT molecular complexity index is 583. The molecule has 1 fully saturated rings. The minimum atomic E-state index is -0.271. The van der Waals surface area contributed by atoms with E-state index in [0.717, 1.165) is 13.1 Å². The van der Waals surface area contributed by atoms with Crippen molar-refractivity contribution in [1.29, 1.82) is 0 Å². The highest BCUT2D eigenvalue weighted by Gasteiger charge is 2.21. The standard InChI is InChI=1S/C17H26N4O3/c1-12(2)11-19-17(23)20-13-4-5-14(15(10-13)24-3)16(22)21-8-6-18-7-9-21/h4-5,10,12,18H,6-9,11H2,1-3H3,(H2,19,20,23). The molecular formula is C17H26N4O3. The van der Waals surface area contributed by atoms with Crippen LogP contribution in [0.1, 0.15) is 24.2 Å². The zero-order chi connectivity index (χ0) is 17.5. The molecule has 0 aromatic heterocycles. The Balaban J connectivity index is 2.06. The Morgan fingerprint density at radius 3 is 2.62 bits per heavy atom. The van der Waals surface area contributed by atoms with Crippen LogP contribution in [0.25, 0.3) is 0 Å². The number of carbonyl (C=O) groups excluding carboxylic acids is 2. The molecule has 0 saturated carbocycles. The van der Waals surface area contributed by atoms with Crippen molar-refractivity contribution in [1.82, 2.24) is 15.5 Å². The van der Waals surface area contributed by atoms with Crippen LogP contribution in [0, 0.1) is 5.92 Å². The van der Waals surface area contributed by atoms with Gasteiger partial charge in [-0.25, -0.2) is 4.79 Å². The Morgan fingerprint density at radius 1 is 1.29 bits per heavy atom. The zero-order valence-corrected chi connectivity index (χ0v) is 14.5. The van der Waals surface area contributed by atoms with Crippen LogP contribution >= 0.6 is 0 Å². The van der Waals surface area contributed by atoms with Crippen LogP contribution < -0.4 is 20.7 Å². The molecule has 1 aliphatic heterocycles. The summed E-state index contributed by atoms with van der Waals surface area (Å²) in [4.78, 5) is 26.2. The van der Waals surface area contributed by atoms with Crippen LogP contribution in [-0.2, 0) is 0 Å². The Hall–Kier alpha value is -2.28. The second kappa shape index (κ2) is 8.54. The number of anilines is 1. The number of ether oxygens (including phenoxy) is 1. The number of carbonyl (C=O) groups is 2. The molecule has 0 radical (unpaired) electrons. The van der Waals surface area contributed by atoms with E-state index in [0.29, 0.717) is 42.6 Å². The molecule has 3 amide bonds. The lowest BCUT2D eigenvalue weighted by atomic mass is 10.1. The Labute approximate surface area is 142 Å². The minimum Gasteiger partial charge on any atom is -0.496 e. The second-order valence-electron chi connectivity index (χ2n) is 6.19. The van der Waals surface area contributed by atoms with Gasteiger partial charge >= 0.3 is 6.03 Å². The Kier molecular flexibility index (Phi) is 6.43. The number of rotatable bonds is 5. The fourth-order valence-corrected chi connectivity index (χ4v) is 2.46. The van der Waals surface area contributed by atoms with Crippen LogP contribution in [-0.4, -0.2) is 56.7 Å². The number of piperazine rings is 1. The summed E-state index contributed by atoms with van der Waals surface area (Å²) >= 11 is 0. The summed E-state index contributed by atoms with van der Waals surface area (Å²) < 4.78 is 5.34. The summed E-state index contributed by atoms with van der Waals surface area (Å²) in [5, 5.41) is 8.76. The third-order valence-corrected chi connectivity index (χ3v) is 3.76. The first-order chi connectivity index (χ1) is 11.5. The van der Waals surface area contributed by atoms with Gasteiger partial charge in [-0.05, 0) is 18.1 Å². The fraction of sp³-hybridized carbons (Fsp3) is 0.529. The van der Waals surface area contributed by atoms with Gasteiger partial charge < -0.3 is 25.6 Å². The van der Waals surface area contributed by atoms with Crippen LogP contribution in [0.15, 0.2) is 18.2 Å². The molecule has 7 heteroatoms. The van der Waals surface area contributed by atoms with E-state index in [9.17, 15) is 9.59 Å². The summed E-state index contributed by atoms with van der Waals surface area (Å²) in [6.45, 7) is 7.61. The number of hydrogen-bond acceptors (Lipinski definition) is 4. The highest BCUT2D eigenvalue weighted by atomic mass is 16.5. The van der Waals surface area contributed by atoms with Gasteiger partial charge in [0.25, 0.3) is 5.91 Å². The third kappa shape index (κ3) is 4.86. The predicted octanol–water partition coefficient (Wildman–Crippen LogP) is 1.52. The van der Waals surface area contributed by atoms with Crippen LogP contribution in [0.5, 0.6) is 5.75 Å². The van der Waals surface area contributed by atoms with Crippen molar-refractivity contribution in [2.75, 3.05) is 45.2 Å². The lowest BCUT2D eigenvalue weighted by Gasteiger charge is -2.28. The third-order valence-electron chi connectivity index (χ3n) is 3.76. The number of nitrogens with one attached hydrogen (secondary N) is 3. The number of hydrogen-bond donors (Lipinski definition) is 3. The van der Waals surface area contributed by atoms with Crippen LogP contribution in [0.2, 0.25) is 0 Å². The first-order valence-electron chi connectivity index (χ1n) is 8.24. The van der Waals surface area contributed by atoms with Gasteiger partial charge in [0.15, 0.2) is 0 Å². The van der Waals surface area contributed by atoms with E-state index in [4.69, 9.17) is 4.74 Å². The smallest absolute Gasteiger partial charge is 0.319 e. The van der Waals surface area contributed by atoms with Gasteiger partial charge in [-0.2, -0.15) is 0 Å². The van der Waals surface area contributed by atoms with E-state index in [1.165, 1.54) is 7.11 Å². The summed E-state index contributed by atoms with van der Waals surface area (Å²) in [6, 6.07) is 4.81. The summed E-state index contributed by atoms with van der Waals surface area (Å²) in [7, 11) is 1.52. The maximum Gasteiger partial charge on any atom is 0.319 e. The molecular weight excluding hydrogens is 308 g/mol. The topological polar surface area (TPSA) is 82.7 Å². The number of nitrogens with zero attached hydrogens (tertiary/aromatic N) is 1. The molecule has 0 unspecified atom stereocenters. The van der Waals surface area contributed by atoms with Crippen molar-refractivity contribution < 1.29 is 14.3 Å². The van der Waals surface area contributed by atoms with Crippen molar-refractivity contribution >= 4 is 17.6 Å². The molecule has 0 bridgehead atoms. The van der Waals surface area contributed by atoms with Gasteiger partial charge in [0.1, 0.15) is 5.75 Å². The van der Waals surface area contributed by atoms with E-state index in [2.05, 4.69) is 16.0 Å². The largest absolute Gasteiger partial charge is 0.496 e. The molecule has 1 aromatic carbocycles. The number of benzene rings is 1. The normalized spacial score (nSPS) is 14.4. The molecule has 2 rings (SSSR count). The molecule has 0 spiro atoms.